The molecule has 4 rings (SSSR count). The van der Waals surface area contributed by atoms with Crippen LogP contribution in [0.5, 0.6) is 5.75 Å². The summed E-state index contributed by atoms with van der Waals surface area (Å²) in [6.45, 7) is 0. The van der Waals surface area contributed by atoms with Crippen molar-refractivity contribution in [1.29, 1.82) is 0 Å². The maximum Gasteiger partial charge on any atom is 0.225 e. The van der Waals surface area contributed by atoms with Gasteiger partial charge in [-0.3, -0.25) is 4.79 Å². The van der Waals surface area contributed by atoms with E-state index in [9.17, 15) is 4.79 Å². The molecule has 0 radical (unpaired) electrons. The van der Waals surface area contributed by atoms with Gasteiger partial charge in [0.15, 0.2) is 5.82 Å². The lowest BCUT2D eigenvalue weighted by Gasteiger charge is -2.29. The number of methoxy groups -OCH3 is 1. The van der Waals surface area contributed by atoms with E-state index in [2.05, 4.69) is 20.4 Å². The van der Waals surface area contributed by atoms with Gasteiger partial charge in [0.2, 0.25) is 11.9 Å². The van der Waals surface area contributed by atoms with Crippen LogP contribution in [-0.2, 0) is 4.79 Å². The predicted molar refractivity (Wildman–Crippen MR) is 111 cm³/mol. The molecule has 1 amide bonds. The fraction of sp³-hybridized carbons (Fsp3) is 0.429. The molecule has 1 N–H and O–H groups in total. The number of hydrogen-bond donors (Lipinski definition) is 1. The number of amides is 1. The average Bonchev–Trinajstić information content (AvgIpc) is 3.18. The quantitative estimate of drug-likeness (QED) is 0.716. The number of nitrogens with one attached hydrogen (secondary N) is 1. The zero-order valence-electron chi connectivity index (χ0n) is 17.0. The van der Waals surface area contributed by atoms with Crippen molar-refractivity contribution < 1.29 is 9.53 Å². The molecular formula is C21H26N6O2. The fourth-order valence-electron chi connectivity index (χ4n) is 3.95. The van der Waals surface area contributed by atoms with Crippen LogP contribution >= 0.6 is 0 Å². The molecule has 1 fully saturated rings. The Hall–Kier alpha value is -3.16. The van der Waals surface area contributed by atoms with E-state index in [1.54, 1.807) is 29.1 Å². The van der Waals surface area contributed by atoms with E-state index >= 15 is 0 Å². The van der Waals surface area contributed by atoms with E-state index < -0.39 is 0 Å². The van der Waals surface area contributed by atoms with Gasteiger partial charge in [-0.15, -0.1) is 0 Å². The number of anilines is 1. The molecule has 0 aliphatic heterocycles. The van der Waals surface area contributed by atoms with Crippen LogP contribution in [0.15, 0.2) is 36.7 Å². The monoisotopic (exact) mass is 394 g/mol. The van der Waals surface area contributed by atoms with Crippen LogP contribution in [0.4, 0.5) is 5.95 Å². The van der Waals surface area contributed by atoms with Gasteiger partial charge in [0, 0.05) is 38.3 Å². The van der Waals surface area contributed by atoms with Crippen LogP contribution in [0.3, 0.4) is 0 Å². The second kappa shape index (κ2) is 8.06. The minimum absolute atomic E-state index is 0.126. The lowest BCUT2D eigenvalue weighted by atomic mass is 9.85. The van der Waals surface area contributed by atoms with Crippen molar-refractivity contribution in [2.45, 2.75) is 31.7 Å². The van der Waals surface area contributed by atoms with E-state index in [-0.39, 0.29) is 17.9 Å². The van der Waals surface area contributed by atoms with E-state index in [0.29, 0.717) is 11.8 Å². The summed E-state index contributed by atoms with van der Waals surface area (Å²) >= 11 is 0. The Morgan fingerprint density at radius 2 is 2.00 bits per heavy atom. The fourth-order valence-corrected chi connectivity index (χ4v) is 3.95. The highest BCUT2D eigenvalue weighted by atomic mass is 16.5. The number of nitrogens with zero attached hydrogens (tertiary/aromatic N) is 5. The molecule has 1 saturated carbocycles. The Kier molecular flexibility index (Phi) is 5.33. The highest BCUT2D eigenvalue weighted by Gasteiger charge is 2.27. The number of carbonyl (C=O) groups excluding carboxylic acids is 1. The number of benzene rings is 1. The van der Waals surface area contributed by atoms with Crippen LogP contribution in [0.2, 0.25) is 0 Å². The Morgan fingerprint density at radius 1 is 1.21 bits per heavy atom. The largest absolute Gasteiger partial charge is 0.496 e. The topological polar surface area (TPSA) is 85.2 Å². The van der Waals surface area contributed by atoms with Crippen LogP contribution < -0.4 is 10.1 Å². The summed E-state index contributed by atoms with van der Waals surface area (Å²) in [5.74, 6) is 2.41. The van der Waals surface area contributed by atoms with E-state index in [0.717, 1.165) is 42.3 Å². The first-order valence-corrected chi connectivity index (χ1v) is 9.88. The predicted octanol–water partition coefficient (Wildman–Crippen LogP) is 2.88. The maximum atomic E-state index is 12.2. The van der Waals surface area contributed by atoms with Gasteiger partial charge in [-0.05, 0) is 37.8 Å². The summed E-state index contributed by atoms with van der Waals surface area (Å²) in [6, 6.07) is 7.95. The SMILES string of the molecule is COc1cccc2c1cnn2-c1ccnc(NC2CCC(C(=O)N(C)C)CC2)n1. The standard InChI is InChI=1S/C21H26N6O2/c1-26(2)20(28)14-7-9-15(10-8-14)24-21-22-12-11-19(25-21)27-17-5-4-6-18(29-3)16(17)13-23-27/h4-6,11-15H,7-10H2,1-3H3,(H,22,24,25). The first-order chi connectivity index (χ1) is 14.1. The molecule has 1 aromatic carbocycles. The minimum Gasteiger partial charge on any atom is -0.496 e. The lowest BCUT2D eigenvalue weighted by Crippen LogP contribution is -2.35. The molecule has 29 heavy (non-hydrogen) atoms. The Bertz CT molecular complexity index is 1010. The number of hydrogen-bond acceptors (Lipinski definition) is 6. The highest BCUT2D eigenvalue weighted by Crippen LogP contribution is 2.28. The van der Waals surface area contributed by atoms with Gasteiger partial charge in [0.1, 0.15) is 5.75 Å². The van der Waals surface area contributed by atoms with E-state index in [4.69, 9.17) is 4.74 Å². The summed E-state index contributed by atoms with van der Waals surface area (Å²) in [5, 5.41) is 8.85. The first-order valence-electron chi connectivity index (χ1n) is 9.88. The van der Waals surface area contributed by atoms with Crippen LogP contribution in [0.1, 0.15) is 25.7 Å². The Morgan fingerprint density at radius 3 is 2.72 bits per heavy atom. The molecule has 0 bridgehead atoms. The first kappa shape index (κ1) is 19.2. The minimum atomic E-state index is 0.126. The summed E-state index contributed by atoms with van der Waals surface area (Å²) in [5.41, 5.74) is 0.928. The highest BCUT2D eigenvalue weighted by molar-refractivity contribution is 5.86. The number of ether oxygens (including phenoxy) is 1. The number of aromatic nitrogens is 4. The lowest BCUT2D eigenvalue weighted by molar-refractivity contribution is -0.133. The Balaban J connectivity index is 1.49. The molecule has 1 aliphatic carbocycles. The molecule has 0 saturated heterocycles. The molecule has 3 aromatic rings. The van der Waals surface area contributed by atoms with Crippen LogP contribution in [0, 0.1) is 5.92 Å². The smallest absolute Gasteiger partial charge is 0.225 e. The summed E-state index contributed by atoms with van der Waals surface area (Å²) in [6.07, 6.45) is 7.15. The van der Waals surface area contributed by atoms with Crippen molar-refractivity contribution in [3.05, 3.63) is 36.7 Å². The molecule has 0 spiro atoms. The van der Waals surface area contributed by atoms with Crippen molar-refractivity contribution in [2.75, 3.05) is 26.5 Å². The van der Waals surface area contributed by atoms with Crippen molar-refractivity contribution in [3.8, 4) is 11.6 Å². The van der Waals surface area contributed by atoms with Crippen molar-refractivity contribution in [1.82, 2.24) is 24.6 Å². The molecule has 1 aliphatic rings. The van der Waals surface area contributed by atoms with Crippen molar-refractivity contribution in [2.24, 2.45) is 5.92 Å². The Labute approximate surface area is 169 Å². The van der Waals surface area contributed by atoms with E-state index in [1.807, 2.05) is 38.4 Å². The molecule has 8 nitrogen and oxygen atoms in total. The average molecular weight is 394 g/mol. The van der Waals surface area contributed by atoms with Gasteiger partial charge in [-0.1, -0.05) is 6.07 Å². The van der Waals surface area contributed by atoms with Gasteiger partial charge < -0.3 is 15.0 Å². The molecule has 2 heterocycles. The molecule has 2 aromatic heterocycles. The summed E-state index contributed by atoms with van der Waals surface area (Å²) in [7, 11) is 5.29. The van der Waals surface area contributed by atoms with Gasteiger partial charge in [-0.25, -0.2) is 9.67 Å². The molecule has 8 heteroatoms. The molecule has 0 atom stereocenters. The third-order valence-corrected chi connectivity index (χ3v) is 5.50. The maximum absolute atomic E-state index is 12.2. The second-order valence-electron chi connectivity index (χ2n) is 7.61. The third kappa shape index (κ3) is 3.87. The molecule has 152 valence electrons. The van der Waals surface area contributed by atoms with Crippen molar-refractivity contribution in [3.63, 3.8) is 0 Å². The molecule has 0 unspecified atom stereocenters. The number of fused-ring (bicyclic) bond motifs is 1. The molecular weight excluding hydrogens is 368 g/mol. The summed E-state index contributed by atoms with van der Waals surface area (Å²) in [4.78, 5) is 22.9. The van der Waals surface area contributed by atoms with Gasteiger partial charge in [-0.2, -0.15) is 10.1 Å². The summed E-state index contributed by atoms with van der Waals surface area (Å²) < 4.78 is 7.20. The van der Waals surface area contributed by atoms with Crippen LogP contribution in [0.25, 0.3) is 16.7 Å². The van der Waals surface area contributed by atoms with Gasteiger partial charge in [0.05, 0.1) is 24.2 Å². The second-order valence-corrected chi connectivity index (χ2v) is 7.61. The third-order valence-electron chi connectivity index (χ3n) is 5.50. The van der Waals surface area contributed by atoms with Crippen molar-refractivity contribution >= 4 is 22.8 Å². The number of carbonyl (C=O) groups is 1. The van der Waals surface area contributed by atoms with Gasteiger partial charge in [0.25, 0.3) is 0 Å². The normalized spacial score (nSPS) is 19.1. The van der Waals surface area contributed by atoms with Gasteiger partial charge >= 0.3 is 0 Å². The number of rotatable bonds is 5. The zero-order chi connectivity index (χ0) is 20.4. The van der Waals surface area contributed by atoms with Crippen LogP contribution in [-0.4, -0.2) is 57.8 Å². The van der Waals surface area contributed by atoms with E-state index in [1.165, 1.54) is 0 Å². The zero-order valence-corrected chi connectivity index (χ0v) is 17.0.